The van der Waals surface area contributed by atoms with E-state index in [2.05, 4.69) is 23.3 Å². The van der Waals surface area contributed by atoms with Crippen LogP contribution >= 0.6 is 12.6 Å². The van der Waals surface area contributed by atoms with E-state index >= 15 is 0 Å². The van der Waals surface area contributed by atoms with Crippen molar-refractivity contribution in [1.82, 2.24) is 10.6 Å². The van der Waals surface area contributed by atoms with Crippen LogP contribution in [0.3, 0.4) is 0 Å². The average Bonchev–Trinajstić information content (AvgIpc) is 1.78. The van der Waals surface area contributed by atoms with Gasteiger partial charge >= 0.3 is 0 Å². The van der Waals surface area contributed by atoms with Crippen LogP contribution in [0.5, 0.6) is 0 Å². The summed E-state index contributed by atoms with van der Waals surface area (Å²) in [6.45, 7) is 1.80. The highest BCUT2D eigenvalue weighted by atomic mass is 32.1. The molecule has 0 saturated carbocycles. The molecule has 1 aliphatic heterocycles. The topological polar surface area (TPSA) is 41.1 Å². The number of amides is 1. The number of carbonyl (C=O) groups is 1. The van der Waals surface area contributed by atoms with Gasteiger partial charge in [0.15, 0.2) is 0 Å². The molecule has 0 aromatic carbocycles. The smallest absolute Gasteiger partial charge is 0.230 e. The van der Waals surface area contributed by atoms with Gasteiger partial charge < -0.3 is 10.6 Å². The number of carbonyl (C=O) groups excluding carboxylic acids is 1. The van der Waals surface area contributed by atoms with Crippen LogP contribution in [0.25, 0.3) is 0 Å². The normalized spacial score (nSPS) is 18.8. The Morgan fingerprint density at radius 1 is 1.78 bits per heavy atom. The lowest BCUT2D eigenvalue weighted by Gasteiger charge is -2.27. The molecule has 0 spiro atoms. The Morgan fingerprint density at radius 3 is 2.78 bits per heavy atom. The fourth-order valence-corrected chi connectivity index (χ4v) is 0.755. The second-order valence-electron chi connectivity index (χ2n) is 2.08. The lowest BCUT2D eigenvalue weighted by Crippen LogP contribution is -2.57. The minimum absolute atomic E-state index is 0.0184. The molecule has 0 unspecified atom stereocenters. The molecule has 2 N–H and O–H groups in total. The largest absolute Gasteiger partial charge is 0.350 e. The van der Waals surface area contributed by atoms with Gasteiger partial charge in [-0.3, -0.25) is 4.79 Å². The average molecular weight is 146 g/mol. The summed E-state index contributed by atoms with van der Waals surface area (Å²) >= 11 is 3.82. The van der Waals surface area contributed by atoms with Crippen molar-refractivity contribution >= 4 is 18.5 Å². The zero-order chi connectivity index (χ0) is 6.69. The molecule has 1 rings (SSSR count). The van der Waals surface area contributed by atoms with Gasteiger partial charge in [0, 0.05) is 13.1 Å². The third-order valence-electron chi connectivity index (χ3n) is 1.29. The molecule has 1 fully saturated rings. The van der Waals surface area contributed by atoms with Crippen molar-refractivity contribution in [3.8, 4) is 0 Å². The van der Waals surface area contributed by atoms with Crippen molar-refractivity contribution in [2.75, 3.05) is 18.8 Å². The molecule has 0 atom stereocenters. The van der Waals surface area contributed by atoms with Crippen LogP contribution in [-0.2, 0) is 4.79 Å². The van der Waals surface area contributed by atoms with Gasteiger partial charge in [-0.2, -0.15) is 12.6 Å². The van der Waals surface area contributed by atoms with E-state index in [0.717, 1.165) is 13.1 Å². The highest BCUT2D eigenvalue weighted by molar-refractivity contribution is 7.81. The number of hydrogen-bond donors (Lipinski definition) is 3. The molecule has 0 aromatic heterocycles. The SMILES string of the molecule is O=C(CS)NC1CNC1. The van der Waals surface area contributed by atoms with Gasteiger partial charge in [0.2, 0.25) is 5.91 Å². The molecule has 0 aromatic rings. The molecule has 52 valence electrons. The van der Waals surface area contributed by atoms with Crippen LogP contribution < -0.4 is 10.6 Å². The summed E-state index contributed by atoms with van der Waals surface area (Å²) < 4.78 is 0. The maximum Gasteiger partial charge on any atom is 0.230 e. The fourth-order valence-electron chi connectivity index (χ4n) is 0.664. The third-order valence-corrected chi connectivity index (χ3v) is 1.58. The van der Waals surface area contributed by atoms with Crippen LogP contribution in [0.4, 0.5) is 0 Å². The summed E-state index contributed by atoms with van der Waals surface area (Å²) in [4.78, 5) is 10.6. The Hall–Kier alpha value is -0.220. The van der Waals surface area contributed by atoms with Crippen molar-refractivity contribution in [3.05, 3.63) is 0 Å². The van der Waals surface area contributed by atoms with Crippen LogP contribution in [0.1, 0.15) is 0 Å². The molecule has 9 heavy (non-hydrogen) atoms. The van der Waals surface area contributed by atoms with E-state index in [4.69, 9.17) is 0 Å². The monoisotopic (exact) mass is 146 g/mol. The van der Waals surface area contributed by atoms with Crippen molar-refractivity contribution in [3.63, 3.8) is 0 Å². The van der Waals surface area contributed by atoms with E-state index < -0.39 is 0 Å². The Labute approximate surface area is 59.6 Å². The van der Waals surface area contributed by atoms with Gasteiger partial charge in [-0.25, -0.2) is 0 Å². The van der Waals surface area contributed by atoms with Gasteiger partial charge in [-0.1, -0.05) is 0 Å². The Balaban J connectivity index is 2.09. The minimum atomic E-state index is 0.0184. The minimum Gasteiger partial charge on any atom is -0.350 e. The number of thiol groups is 1. The van der Waals surface area contributed by atoms with Gasteiger partial charge in [0.25, 0.3) is 0 Å². The van der Waals surface area contributed by atoms with E-state index in [9.17, 15) is 4.79 Å². The first-order chi connectivity index (χ1) is 4.33. The maximum atomic E-state index is 10.6. The van der Waals surface area contributed by atoms with Crippen molar-refractivity contribution in [2.24, 2.45) is 0 Å². The van der Waals surface area contributed by atoms with Crippen LogP contribution in [0.2, 0.25) is 0 Å². The van der Waals surface area contributed by atoms with Crippen LogP contribution in [-0.4, -0.2) is 30.8 Å². The van der Waals surface area contributed by atoms with Gasteiger partial charge in [0.05, 0.1) is 11.8 Å². The quantitative estimate of drug-likeness (QED) is 0.438. The van der Waals surface area contributed by atoms with Crippen LogP contribution in [0.15, 0.2) is 0 Å². The lowest BCUT2D eigenvalue weighted by atomic mass is 10.2. The Kier molecular flexibility index (Phi) is 2.36. The first-order valence-electron chi connectivity index (χ1n) is 2.94. The summed E-state index contributed by atoms with van der Waals surface area (Å²) in [5, 5.41) is 5.84. The second-order valence-corrected chi connectivity index (χ2v) is 2.40. The van der Waals surface area contributed by atoms with Crippen molar-refractivity contribution < 1.29 is 4.79 Å². The highest BCUT2D eigenvalue weighted by Gasteiger charge is 2.17. The molecule has 0 radical (unpaired) electrons. The van der Waals surface area contributed by atoms with Crippen LogP contribution in [0, 0.1) is 0 Å². The molecule has 4 heteroatoms. The first-order valence-corrected chi connectivity index (χ1v) is 3.57. The third kappa shape index (κ3) is 1.87. The molecule has 0 aliphatic carbocycles. The summed E-state index contributed by atoms with van der Waals surface area (Å²) in [6, 6.07) is 0.352. The zero-order valence-corrected chi connectivity index (χ0v) is 5.95. The predicted molar refractivity (Wildman–Crippen MR) is 38.7 cm³/mol. The van der Waals surface area contributed by atoms with Crippen molar-refractivity contribution in [1.29, 1.82) is 0 Å². The molecule has 1 heterocycles. The second kappa shape index (κ2) is 3.08. The summed E-state index contributed by atoms with van der Waals surface area (Å²) in [6.07, 6.45) is 0. The number of hydrogen-bond acceptors (Lipinski definition) is 3. The molecule has 1 saturated heterocycles. The lowest BCUT2D eigenvalue weighted by molar-refractivity contribution is -0.119. The number of nitrogens with one attached hydrogen (secondary N) is 2. The zero-order valence-electron chi connectivity index (χ0n) is 5.05. The molecule has 1 amide bonds. The van der Waals surface area contributed by atoms with E-state index in [1.807, 2.05) is 0 Å². The Bertz CT molecular complexity index is 114. The van der Waals surface area contributed by atoms with E-state index in [-0.39, 0.29) is 11.7 Å². The molecule has 1 aliphatic rings. The fraction of sp³-hybridized carbons (Fsp3) is 0.800. The first kappa shape index (κ1) is 6.89. The Morgan fingerprint density at radius 2 is 2.44 bits per heavy atom. The van der Waals surface area contributed by atoms with Crippen molar-refractivity contribution in [2.45, 2.75) is 6.04 Å². The van der Waals surface area contributed by atoms with E-state index in [0.29, 0.717) is 6.04 Å². The summed E-state index contributed by atoms with van der Waals surface area (Å²) in [5.74, 6) is 0.307. The standard InChI is InChI=1S/C5H10N2OS/c8-5(3-9)7-4-1-6-2-4/h4,6,9H,1-3H2,(H,7,8). The molecular formula is C5H10N2OS. The van der Waals surface area contributed by atoms with E-state index in [1.54, 1.807) is 0 Å². The predicted octanol–water partition coefficient (Wildman–Crippen LogP) is -0.996. The maximum absolute atomic E-state index is 10.6. The molecule has 3 nitrogen and oxygen atoms in total. The summed E-state index contributed by atoms with van der Waals surface area (Å²) in [7, 11) is 0. The van der Waals surface area contributed by atoms with Gasteiger partial charge in [-0.15, -0.1) is 0 Å². The van der Waals surface area contributed by atoms with E-state index in [1.165, 1.54) is 0 Å². The van der Waals surface area contributed by atoms with Gasteiger partial charge in [0.1, 0.15) is 0 Å². The summed E-state index contributed by atoms with van der Waals surface area (Å²) in [5.41, 5.74) is 0. The van der Waals surface area contributed by atoms with Gasteiger partial charge in [-0.05, 0) is 0 Å². The number of rotatable bonds is 2. The highest BCUT2D eigenvalue weighted by Crippen LogP contribution is 1.89. The molecule has 0 bridgehead atoms. The molecular weight excluding hydrogens is 136 g/mol.